The number of hydrogen-bond acceptors (Lipinski definition) is 4. The summed E-state index contributed by atoms with van der Waals surface area (Å²) < 4.78 is 5.93. The minimum atomic E-state index is -0.611. The van der Waals surface area contributed by atoms with E-state index in [0.717, 1.165) is 11.4 Å². The molecule has 2 N–H and O–H groups in total. The van der Waals surface area contributed by atoms with Crippen LogP contribution >= 0.6 is 11.3 Å². The van der Waals surface area contributed by atoms with Gasteiger partial charge in [-0.05, 0) is 61.9 Å². The highest BCUT2D eigenvalue weighted by Gasteiger charge is 2.37. The standard InChI is InChI=1S/C21H27N3O3S/c1-14(2)9-10-24-16-12-15(22-20(26)23-18-6-5-11-28-18)7-8-17(16)27-13-21(3,4)19(24)25/h5-8,11-12,14H,9-10,13H2,1-4H3,(H2,22,23,26). The number of carbonyl (C=O) groups is 2. The molecular formula is C21H27N3O3S. The number of fused-ring (bicyclic) bond motifs is 1. The highest BCUT2D eigenvalue weighted by atomic mass is 32.1. The van der Waals surface area contributed by atoms with Crippen LogP contribution in [0.4, 0.5) is 21.2 Å². The van der Waals surface area contributed by atoms with E-state index in [1.807, 2.05) is 43.5 Å². The van der Waals surface area contributed by atoms with Gasteiger partial charge in [0.2, 0.25) is 5.91 Å². The molecule has 3 rings (SSSR count). The SMILES string of the molecule is CC(C)CCN1C(=O)C(C)(C)COc2ccc(NC(=O)Nc3cccs3)cc21. The Hall–Kier alpha value is -2.54. The van der Waals surface area contributed by atoms with Gasteiger partial charge in [-0.1, -0.05) is 13.8 Å². The number of thiophene rings is 1. The molecule has 1 aromatic heterocycles. The Morgan fingerprint density at radius 3 is 2.75 bits per heavy atom. The molecule has 6 nitrogen and oxygen atoms in total. The number of nitrogens with one attached hydrogen (secondary N) is 2. The highest BCUT2D eigenvalue weighted by molar-refractivity contribution is 7.14. The molecule has 0 atom stereocenters. The lowest BCUT2D eigenvalue weighted by Crippen LogP contribution is -2.42. The fourth-order valence-corrected chi connectivity index (χ4v) is 3.57. The number of benzene rings is 1. The molecule has 7 heteroatoms. The summed E-state index contributed by atoms with van der Waals surface area (Å²) in [5.41, 5.74) is 0.698. The Balaban J connectivity index is 1.85. The molecule has 2 heterocycles. The second-order valence-corrected chi connectivity index (χ2v) is 9.00. The largest absolute Gasteiger partial charge is 0.490 e. The Bertz CT molecular complexity index is 847. The van der Waals surface area contributed by atoms with E-state index in [4.69, 9.17) is 4.74 Å². The zero-order valence-corrected chi connectivity index (χ0v) is 17.6. The number of ether oxygens (including phenoxy) is 1. The van der Waals surface area contributed by atoms with Gasteiger partial charge >= 0.3 is 6.03 Å². The molecule has 0 unspecified atom stereocenters. The van der Waals surface area contributed by atoms with E-state index < -0.39 is 5.41 Å². The molecule has 0 spiro atoms. The fraction of sp³-hybridized carbons (Fsp3) is 0.429. The van der Waals surface area contributed by atoms with Crippen LogP contribution in [0.25, 0.3) is 0 Å². The molecular weight excluding hydrogens is 374 g/mol. The fourth-order valence-electron chi connectivity index (χ4n) is 2.96. The van der Waals surface area contributed by atoms with Crippen molar-refractivity contribution >= 4 is 39.7 Å². The molecule has 0 saturated carbocycles. The molecule has 1 aromatic carbocycles. The van der Waals surface area contributed by atoms with Crippen LogP contribution in [0, 0.1) is 11.3 Å². The quantitative estimate of drug-likeness (QED) is 0.724. The molecule has 2 aromatic rings. The first-order valence-corrected chi connectivity index (χ1v) is 10.3. The van der Waals surface area contributed by atoms with Crippen LogP contribution in [0.1, 0.15) is 34.1 Å². The predicted octanol–water partition coefficient (Wildman–Crippen LogP) is 5.19. The summed E-state index contributed by atoms with van der Waals surface area (Å²) in [5.74, 6) is 1.17. The molecule has 3 amide bonds. The monoisotopic (exact) mass is 401 g/mol. The Morgan fingerprint density at radius 2 is 2.07 bits per heavy atom. The summed E-state index contributed by atoms with van der Waals surface area (Å²) in [6.07, 6.45) is 0.887. The second kappa shape index (κ2) is 8.22. The van der Waals surface area contributed by atoms with Gasteiger partial charge in [0.1, 0.15) is 12.4 Å². The summed E-state index contributed by atoms with van der Waals surface area (Å²) in [6.45, 7) is 9.01. The number of amides is 3. The number of anilines is 3. The average molecular weight is 402 g/mol. The first-order chi connectivity index (χ1) is 13.3. The van der Waals surface area contributed by atoms with Crippen LogP contribution in [0.3, 0.4) is 0 Å². The third kappa shape index (κ3) is 4.65. The van der Waals surface area contributed by atoms with Gasteiger partial charge in [-0.3, -0.25) is 10.1 Å². The van der Waals surface area contributed by atoms with Gasteiger partial charge < -0.3 is 15.0 Å². The van der Waals surface area contributed by atoms with E-state index in [0.29, 0.717) is 36.2 Å². The van der Waals surface area contributed by atoms with Crippen LogP contribution in [-0.4, -0.2) is 25.1 Å². The number of hydrogen-bond donors (Lipinski definition) is 2. The van der Waals surface area contributed by atoms with Gasteiger partial charge in [0.15, 0.2) is 0 Å². The molecule has 0 radical (unpaired) electrons. The lowest BCUT2D eigenvalue weighted by Gasteiger charge is -2.28. The summed E-state index contributed by atoms with van der Waals surface area (Å²) in [6, 6.07) is 8.80. The van der Waals surface area contributed by atoms with Crippen LogP contribution in [-0.2, 0) is 4.79 Å². The normalized spacial score (nSPS) is 15.6. The van der Waals surface area contributed by atoms with E-state index in [1.165, 1.54) is 11.3 Å². The van der Waals surface area contributed by atoms with Crippen LogP contribution in [0.15, 0.2) is 35.7 Å². The lowest BCUT2D eigenvalue weighted by atomic mass is 9.92. The Morgan fingerprint density at radius 1 is 1.29 bits per heavy atom. The van der Waals surface area contributed by atoms with Crippen molar-refractivity contribution in [3.8, 4) is 5.75 Å². The lowest BCUT2D eigenvalue weighted by molar-refractivity contribution is -0.127. The maximum Gasteiger partial charge on any atom is 0.324 e. The van der Waals surface area contributed by atoms with E-state index in [1.54, 1.807) is 11.0 Å². The van der Waals surface area contributed by atoms with Gasteiger partial charge in [0.05, 0.1) is 16.1 Å². The van der Waals surface area contributed by atoms with Gasteiger partial charge in [0, 0.05) is 12.2 Å². The van der Waals surface area contributed by atoms with Crippen LogP contribution in [0.5, 0.6) is 5.75 Å². The van der Waals surface area contributed by atoms with Crippen molar-refractivity contribution in [2.24, 2.45) is 11.3 Å². The van der Waals surface area contributed by atoms with Crippen molar-refractivity contribution in [1.82, 2.24) is 0 Å². The summed E-state index contributed by atoms with van der Waals surface area (Å²) in [5, 5.41) is 8.30. The average Bonchev–Trinajstić information content (AvgIpc) is 3.10. The van der Waals surface area contributed by atoms with Crippen molar-refractivity contribution in [2.75, 3.05) is 28.7 Å². The Kier molecular flexibility index (Phi) is 5.93. The topological polar surface area (TPSA) is 70.7 Å². The van der Waals surface area contributed by atoms with Gasteiger partial charge in [-0.15, -0.1) is 11.3 Å². The number of urea groups is 1. The Labute approximate surface area is 169 Å². The van der Waals surface area contributed by atoms with Crippen molar-refractivity contribution in [1.29, 1.82) is 0 Å². The summed E-state index contributed by atoms with van der Waals surface area (Å²) in [4.78, 5) is 27.2. The molecule has 1 aliphatic rings. The minimum Gasteiger partial charge on any atom is -0.490 e. The maximum atomic E-state index is 13.1. The van der Waals surface area contributed by atoms with Crippen molar-refractivity contribution in [3.63, 3.8) is 0 Å². The maximum absolute atomic E-state index is 13.1. The highest BCUT2D eigenvalue weighted by Crippen LogP contribution is 2.38. The van der Waals surface area contributed by atoms with Crippen molar-refractivity contribution < 1.29 is 14.3 Å². The van der Waals surface area contributed by atoms with Crippen LogP contribution in [0.2, 0.25) is 0 Å². The van der Waals surface area contributed by atoms with Crippen molar-refractivity contribution in [2.45, 2.75) is 34.1 Å². The number of rotatable bonds is 5. The second-order valence-electron chi connectivity index (χ2n) is 8.05. The van der Waals surface area contributed by atoms with Gasteiger partial charge in [0.25, 0.3) is 0 Å². The zero-order valence-electron chi connectivity index (χ0n) is 16.7. The molecule has 1 aliphatic heterocycles. The predicted molar refractivity (Wildman–Crippen MR) is 114 cm³/mol. The van der Waals surface area contributed by atoms with Gasteiger partial charge in [-0.25, -0.2) is 4.79 Å². The van der Waals surface area contributed by atoms with E-state index in [2.05, 4.69) is 24.5 Å². The van der Waals surface area contributed by atoms with Crippen LogP contribution < -0.4 is 20.3 Å². The molecule has 0 fully saturated rings. The molecule has 150 valence electrons. The molecule has 28 heavy (non-hydrogen) atoms. The van der Waals surface area contributed by atoms with E-state index in [9.17, 15) is 9.59 Å². The number of carbonyl (C=O) groups excluding carboxylic acids is 2. The first-order valence-electron chi connectivity index (χ1n) is 9.46. The molecule has 0 bridgehead atoms. The van der Waals surface area contributed by atoms with E-state index >= 15 is 0 Å². The smallest absolute Gasteiger partial charge is 0.324 e. The third-order valence-corrected chi connectivity index (χ3v) is 5.39. The summed E-state index contributed by atoms with van der Waals surface area (Å²) in [7, 11) is 0. The molecule has 0 saturated heterocycles. The molecule has 0 aliphatic carbocycles. The minimum absolute atomic E-state index is 0.0343. The van der Waals surface area contributed by atoms with Gasteiger partial charge in [-0.2, -0.15) is 0 Å². The summed E-state index contributed by atoms with van der Waals surface area (Å²) >= 11 is 1.45. The first kappa shape index (κ1) is 20.2. The third-order valence-electron chi connectivity index (χ3n) is 4.61. The zero-order chi connectivity index (χ0) is 20.3. The number of nitrogens with zero attached hydrogens (tertiary/aromatic N) is 1. The van der Waals surface area contributed by atoms with Crippen molar-refractivity contribution in [3.05, 3.63) is 35.7 Å². The van der Waals surface area contributed by atoms with E-state index in [-0.39, 0.29) is 11.9 Å².